The Morgan fingerprint density at radius 1 is 1.17 bits per heavy atom. The maximum absolute atomic E-state index is 10.9. The molecule has 124 valence electrons. The van der Waals surface area contributed by atoms with E-state index in [1.165, 1.54) is 0 Å². The fraction of sp³-hybridized carbons (Fsp3) is 0.273. The Kier molecular flexibility index (Phi) is 5.77. The molecule has 0 fully saturated rings. The highest BCUT2D eigenvalue weighted by atomic mass is 16.6. The number of carbonyl (C=O) groups is 2. The monoisotopic (exact) mass is 328 g/mol. The van der Waals surface area contributed by atoms with Gasteiger partial charge in [0.05, 0.1) is 15.9 Å². The summed E-state index contributed by atoms with van der Waals surface area (Å²) in [7, 11) is 0. The van der Waals surface area contributed by atoms with Gasteiger partial charge in [-0.1, -0.05) is 0 Å². The van der Waals surface area contributed by atoms with Gasteiger partial charge in [0.25, 0.3) is 11.4 Å². The van der Waals surface area contributed by atoms with Gasteiger partial charge < -0.3 is 20.8 Å². The lowest BCUT2D eigenvalue weighted by atomic mass is 10.2. The van der Waals surface area contributed by atoms with Gasteiger partial charge in [0, 0.05) is 12.6 Å². The fourth-order valence-corrected chi connectivity index (χ4v) is 1.69. The SMILES string of the molecule is O=C(O)N[C@@H](CCNc1ccc([N+](=O)[O-])cc1[N+](=O)[O-])C(=O)O. The predicted octanol–water partition coefficient (Wildman–Crippen LogP) is 1.03. The van der Waals surface area contributed by atoms with E-state index < -0.39 is 39.3 Å². The van der Waals surface area contributed by atoms with Crippen molar-refractivity contribution in [1.29, 1.82) is 0 Å². The third-order valence-corrected chi connectivity index (χ3v) is 2.73. The van der Waals surface area contributed by atoms with Crippen LogP contribution in [-0.4, -0.2) is 44.7 Å². The number of carboxylic acid groups (broad SMARTS) is 2. The minimum Gasteiger partial charge on any atom is -0.480 e. The molecule has 1 aromatic rings. The number of hydrogen-bond donors (Lipinski definition) is 4. The molecule has 1 atom stereocenters. The molecule has 1 rings (SSSR count). The van der Waals surface area contributed by atoms with Crippen LogP contribution in [0.2, 0.25) is 0 Å². The average Bonchev–Trinajstić information content (AvgIpc) is 2.45. The van der Waals surface area contributed by atoms with Crippen molar-refractivity contribution in [2.45, 2.75) is 12.5 Å². The zero-order chi connectivity index (χ0) is 17.6. The molecule has 12 nitrogen and oxygen atoms in total. The first kappa shape index (κ1) is 17.6. The molecule has 23 heavy (non-hydrogen) atoms. The second-order valence-corrected chi connectivity index (χ2v) is 4.27. The maximum Gasteiger partial charge on any atom is 0.405 e. The van der Waals surface area contributed by atoms with Crippen LogP contribution in [0, 0.1) is 20.2 Å². The predicted molar refractivity (Wildman–Crippen MR) is 75.4 cm³/mol. The number of amides is 1. The molecule has 1 aromatic carbocycles. The van der Waals surface area contributed by atoms with Crippen molar-refractivity contribution in [3.8, 4) is 0 Å². The number of nitrogens with one attached hydrogen (secondary N) is 2. The topological polar surface area (TPSA) is 185 Å². The Morgan fingerprint density at radius 3 is 2.30 bits per heavy atom. The summed E-state index contributed by atoms with van der Waals surface area (Å²) in [5, 5.41) is 43.2. The second kappa shape index (κ2) is 7.53. The highest BCUT2D eigenvalue weighted by molar-refractivity contribution is 5.79. The van der Waals surface area contributed by atoms with Gasteiger partial charge in [-0.3, -0.25) is 20.2 Å². The van der Waals surface area contributed by atoms with Crippen molar-refractivity contribution in [2.24, 2.45) is 0 Å². The molecule has 0 aliphatic rings. The molecule has 4 N–H and O–H groups in total. The van der Waals surface area contributed by atoms with Gasteiger partial charge in [-0.15, -0.1) is 0 Å². The number of non-ortho nitro benzene ring substituents is 1. The van der Waals surface area contributed by atoms with Crippen LogP contribution in [0.1, 0.15) is 6.42 Å². The summed E-state index contributed by atoms with van der Waals surface area (Å²) >= 11 is 0. The van der Waals surface area contributed by atoms with Crippen molar-refractivity contribution in [3.63, 3.8) is 0 Å². The molecule has 0 heterocycles. The van der Waals surface area contributed by atoms with Crippen molar-refractivity contribution in [2.75, 3.05) is 11.9 Å². The molecule has 1 amide bonds. The number of anilines is 1. The molecule has 0 unspecified atom stereocenters. The first-order valence-electron chi connectivity index (χ1n) is 6.11. The summed E-state index contributed by atoms with van der Waals surface area (Å²) in [6.45, 7) is -0.101. The lowest BCUT2D eigenvalue weighted by Crippen LogP contribution is -2.41. The average molecular weight is 328 g/mol. The summed E-state index contributed by atoms with van der Waals surface area (Å²) in [6.07, 6.45) is -1.70. The second-order valence-electron chi connectivity index (χ2n) is 4.27. The number of carboxylic acids is 1. The third-order valence-electron chi connectivity index (χ3n) is 2.73. The molecule has 0 bridgehead atoms. The largest absolute Gasteiger partial charge is 0.480 e. The summed E-state index contributed by atoms with van der Waals surface area (Å²) in [4.78, 5) is 41.2. The summed E-state index contributed by atoms with van der Waals surface area (Å²) in [6, 6.07) is 1.56. The van der Waals surface area contributed by atoms with E-state index in [-0.39, 0.29) is 18.7 Å². The number of nitrogens with zero attached hydrogens (tertiary/aromatic N) is 2. The number of nitro benzene ring substituents is 2. The maximum atomic E-state index is 10.9. The van der Waals surface area contributed by atoms with Crippen LogP contribution in [0.4, 0.5) is 21.9 Å². The fourth-order valence-electron chi connectivity index (χ4n) is 1.69. The highest BCUT2D eigenvalue weighted by Crippen LogP contribution is 2.28. The Bertz CT molecular complexity index is 647. The van der Waals surface area contributed by atoms with Crippen molar-refractivity contribution >= 4 is 29.1 Å². The lowest BCUT2D eigenvalue weighted by Gasteiger charge is -2.13. The molecular weight excluding hydrogens is 316 g/mol. The van der Waals surface area contributed by atoms with E-state index in [4.69, 9.17) is 10.2 Å². The highest BCUT2D eigenvalue weighted by Gasteiger charge is 2.21. The normalized spacial score (nSPS) is 11.3. The standard InChI is InChI=1S/C11H12N4O8/c16-10(17)8(13-11(18)19)3-4-12-7-2-1-6(14(20)21)5-9(7)15(22)23/h1-2,5,8,12-13H,3-4H2,(H,16,17)(H,18,19)/t8-/m0/s1. The molecule has 0 aliphatic carbocycles. The van der Waals surface area contributed by atoms with Gasteiger partial charge in [0.15, 0.2) is 0 Å². The zero-order valence-corrected chi connectivity index (χ0v) is 11.5. The number of hydrogen-bond acceptors (Lipinski definition) is 7. The van der Waals surface area contributed by atoms with Crippen LogP contribution in [0.15, 0.2) is 18.2 Å². The molecule has 0 saturated carbocycles. The lowest BCUT2D eigenvalue weighted by molar-refractivity contribution is -0.393. The van der Waals surface area contributed by atoms with E-state index >= 15 is 0 Å². The van der Waals surface area contributed by atoms with Crippen LogP contribution in [0.25, 0.3) is 0 Å². The first-order chi connectivity index (χ1) is 10.7. The van der Waals surface area contributed by atoms with Crippen LogP contribution in [0.5, 0.6) is 0 Å². The molecular formula is C11H12N4O8. The van der Waals surface area contributed by atoms with E-state index in [0.29, 0.717) is 0 Å². The Morgan fingerprint density at radius 2 is 1.83 bits per heavy atom. The Labute approximate surface area is 128 Å². The summed E-state index contributed by atoms with van der Waals surface area (Å²) in [5.74, 6) is -1.40. The molecule has 0 radical (unpaired) electrons. The molecule has 0 aliphatic heterocycles. The number of benzene rings is 1. The van der Waals surface area contributed by atoms with Gasteiger partial charge >= 0.3 is 12.1 Å². The third kappa shape index (κ3) is 5.11. The minimum atomic E-state index is -1.52. The van der Waals surface area contributed by atoms with E-state index in [0.717, 1.165) is 18.2 Å². The molecule has 12 heteroatoms. The van der Waals surface area contributed by atoms with Gasteiger partial charge in [-0.25, -0.2) is 9.59 Å². The first-order valence-corrected chi connectivity index (χ1v) is 6.11. The Hall–Kier alpha value is -3.44. The Balaban J connectivity index is 2.80. The van der Waals surface area contributed by atoms with E-state index in [9.17, 15) is 29.8 Å². The summed E-state index contributed by atoms with van der Waals surface area (Å²) in [5.41, 5.74) is -1.05. The van der Waals surface area contributed by atoms with Crippen molar-refractivity contribution in [3.05, 3.63) is 38.4 Å². The number of nitro groups is 2. The molecule has 0 saturated heterocycles. The molecule has 0 aromatic heterocycles. The van der Waals surface area contributed by atoms with Crippen LogP contribution in [0.3, 0.4) is 0 Å². The quantitative estimate of drug-likeness (QED) is 0.399. The van der Waals surface area contributed by atoms with Crippen LogP contribution >= 0.6 is 0 Å². The molecule has 0 spiro atoms. The zero-order valence-electron chi connectivity index (χ0n) is 11.5. The summed E-state index contributed by atoms with van der Waals surface area (Å²) < 4.78 is 0. The number of rotatable bonds is 8. The smallest absolute Gasteiger partial charge is 0.405 e. The van der Waals surface area contributed by atoms with Gasteiger partial charge in [-0.2, -0.15) is 0 Å². The number of aliphatic carboxylic acids is 1. The van der Waals surface area contributed by atoms with Crippen molar-refractivity contribution < 1.29 is 29.6 Å². The minimum absolute atomic E-state index is 0.0416. The van der Waals surface area contributed by atoms with E-state index in [1.807, 2.05) is 0 Å². The van der Waals surface area contributed by atoms with E-state index in [2.05, 4.69) is 5.32 Å². The van der Waals surface area contributed by atoms with Gasteiger partial charge in [0.1, 0.15) is 11.7 Å². The van der Waals surface area contributed by atoms with Crippen LogP contribution < -0.4 is 10.6 Å². The van der Waals surface area contributed by atoms with E-state index in [1.54, 1.807) is 5.32 Å². The van der Waals surface area contributed by atoms with Gasteiger partial charge in [0.2, 0.25) is 0 Å². The van der Waals surface area contributed by atoms with Crippen LogP contribution in [-0.2, 0) is 4.79 Å². The van der Waals surface area contributed by atoms with Crippen molar-refractivity contribution in [1.82, 2.24) is 5.32 Å². The van der Waals surface area contributed by atoms with Gasteiger partial charge in [-0.05, 0) is 12.5 Å².